The molecule has 168 valence electrons. The van der Waals surface area contributed by atoms with Gasteiger partial charge in [0, 0.05) is 7.05 Å². The lowest BCUT2D eigenvalue weighted by Crippen LogP contribution is -2.27. The molecular formula is C21H17BrF3N3O4. The highest BCUT2D eigenvalue weighted by molar-refractivity contribution is 9.10. The normalized spacial score (nSPS) is 12.0. The first-order chi connectivity index (χ1) is 15.1. The van der Waals surface area contributed by atoms with Gasteiger partial charge in [-0.25, -0.2) is 22.6 Å². The lowest BCUT2D eigenvalue weighted by molar-refractivity contribution is 0.0696. The molecular weight excluding hydrogens is 495 g/mol. The largest absolute Gasteiger partial charge is 0.478 e. The Morgan fingerprint density at radius 3 is 2.41 bits per heavy atom. The van der Waals surface area contributed by atoms with E-state index in [-0.39, 0.29) is 21.7 Å². The SMILES string of the molecule is C[C@H](NC(=O)c1c(C(F)F)nn(C)c1Oc1ccc(F)c(Br)c1)c1ccc(C(=O)O)cc1. The Balaban J connectivity index is 1.91. The van der Waals surface area contributed by atoms with Crippen molar-refractivity contribution in [1.82, 2.24) is 15.1 Å². The van der Waals surface area contributed by atoms with Crippen LogP contribution in [0.3, 0.4) is 0 Å². The summed E-state index contributed by atoms with van der Waals surface area (Å²) in [5, 5.41) is 15.3. The molecule has 0 aliphatic carbocycles. The quantitative estimate of drug-likeness (QED) is 0.452. The third-order valence-electron chi connectivity index (χ3n) is 4.57. The van der Waals surface area contributed by atoms with Crippen LogP contribution in [-0.4, -0.2) is 26.8 Å². The number of carbonyl (C=O) groups excluding carboxylic acids is 1. The van der Waals surface area contributed by atoms with E-state index >= 15 is 0 Å². The summed E-state index contributed by atoms with van der Waals surface area (Å²) in [7, 11) is 1.34. The third kappa shape index (κ3) is 4.93. The van der Waals surface area contributed by atoms with Crippen molar-refractivity contribution < 1.29 is 32.6 Å². The molecule has 3 rings (SSSR count). The van der Waals surface area contributed by atoms with Crippen LogP contribution >= 0.6 is 15.9 Å². The number of benzene rings is 2. The molecule has 32 heavy (non-hydrogen) atoms. The van der Waals surface area contributed by atoms with Crippen molar-refractivity contribution in [1.29, 1.82) is 0 Å². The molecule has 0 bridgehead atoms. The summed E-state index contributed by atoms with van der Waals surface area (Å²) in [6, 6.07) is 8.82. The van der Waals surface area contributed by atoms with E-state index in [9.17, 15) is 22.8 Å². The average molecular weight is 512 g/mol. The number of alkyl halides is 2. The zero-order valence-corrected chi connectivity index (χ0v) is 18.4. The zero-order chi connectivity index (χ0) is 23.6. The molecule has 1 aromatic heterocycles. The maximum absolute atomic E-state index is 13.6. The number of nitrogens with zero attached hydrogens (tertiary/aromatic N) is 2. The van der Waals surface area contributed by atoms with Gasteiger partial charge in [0.1, 0.15) is 22.8 Å². The van der Waals surface area contributed by atoms with Crippen LogP contribution in [0.4, 0.5) is 13.2 Å². The fraction of sp³-hybridized carbons (Fsp3) is 0.190. The molecule has 0 spiro atoms. The van der Waals surface area contributed by atoms with Gasteiger partial charge in [0.15, 0.2) is 0 Å². The van der Waals surface area contributed by atoms with Crippen molar-refractivity contribution >= 4 is 27.8 Å². The van der Waals surface area contributed by atoms with Crippen molar-refractivity contribution in [2.75, 3.05) is 0 Å². The summed E-state index contributed by atoms with van der Waals surface area (Å²) < 4.78 is 47.4. The number of nitrogens with one attached hydrogen (secondary N) is 1. The number of aryl methyl sites for hydroxylation is 1. The van der Waals surface area contributed by atoms with E-state index in [1.807, 2.05) is 0 Å². The Bertz CT molecular complexity index is 1170. The van der Waals surface area contributed by atoms with Crippen LogP contribution in [0.5, 0.6) is 11.6 Å². The van der Waals surface area contributed by atoms with E-state index in [4.69, 9.17) is 9.84 Å². The second kappa shape index (κ2) is 9.43. The molecule has 0 fully saturated rings. The number of halogens is 4. The molecule has 7 nitrogen and oxygen atoms in total. The van der Waals surface area contributed by atoms with E-state index in [1.54, 1.807) is 6.92 Å². The van der Waals surface area contributed by atoms with E-state index in [0.29, 0.717) is 5.56 Å². The Labute approximate surface area is 188 Å². The van der Waals surface area contributed by atoms with E-state index < -0.39 is 41.4 Å². The van der Waals surface area contributed by atoms with Crippen LogP contribution in [-0.2, 0) is 7.05 Å². The van der Waals surface area contributed by atoms with Crippen LogP contribution < -0.4 is 10.1 Å². The fourth-order valence-electron chi connectivity index (χ4n) is 2.93. The minimum absolute atomic E-state index is 0.0701. The van der Waals surface area contributed by atoms with Crippen molar-refractivity contribution in [2.45, 2.75) is 19.4 Å². The first kappa shape index (κ1) is 23.3. The third-order valence-corrected chi connectivity index (χ3v) is 5.17. The molecule has 0 saturated carbocycles. The number of carboxylic acid groups (broad SMARTS) is 1. The Kier molecular flexibility index (Phi) is 6.87. The van der Waals surface area contributed by atoms with E-state index in [1.165, 1.54) is 43.4 Å². The molecule has 1 amide bonds. The summed E-state index contributed by atoms with van der Waals surface area (Å²) in [5.74, 6) is -2.65. The number of ether oxygens (including phenoxy) is 1. The Morgan fingerprint density at radius 2 is 1.84 bits per heavy atom. The number of carbonyl (C=O) groups is 2. The van der Waals surface area contributed by atoms with Crippen LogP contribution in [0, 0.1) is 5.82 Å². The predicted octanol–water partition coefficient (Wildman–Crippen LogP) is 5.24. The summed E-state index contributed by atoms with van der Waals surface area (Å²) in [6.07, 6.45) is -3.05. The minimum atomic E-state index is -3.05. The molecule has 3 aromatic rings. The zero-order valence-electron chi connectivity index (χ0n) is 16.8. The van der Waals surface area contributed by atoms with Gasteiger partial charge in [-0.15, -0.1) is 0 Å². The van der Waals surface area contributed by atoms with Gasteiger partial charge in [-0.1, -0.05) is 12.1 Å². The molecule has 1 atom stereocenters. The Morgan fingerprint density at radius 1 is 1.19 bits per heavy atom. The molecule has 0 saturated heterocycles. The van der Waals surface area contributed by atoms with Crippen LogP contribution in [0.2, 0.25) is 0 Å². The number of aromatic carboxylic acids is 1. The van der Waals surface area contributed by atoms with Gasteiger partial charge in [-0.2, -0.15) is 5.10 Å². The van der Waals surface area contributed by atoms with Crippen LogP contribution in [0.25, 0.3) is 0 Å². The lowest BCUT2D eigenvalue weighted by Gasteiger charge is -2.16. The highest BCUT2D eigenvalue weighted by Crippen LogP contribution is 2.34. The summed E-state index contributed by atoms with van der Waals surface area (Å²) in [5.41, 5.74) is -0.594. The van der Waals surface area contributed by atoms with Gasteiger partial charge in [-0.05, 0) is 58.7 Å². The summed E-state index contributed by atoms with van der Waals surface area (Å²) >= 11 is 3.01. The molecule has 0 aliphatic heterocycles. The lowest BCUT2D eigenvalue weighted by atomic mass is 10.1. The average Bonchev–Trinajstić information content (AvgIpc) is 3.07. The van der Waals surface area contributed by atoms with Gasteiger partial charge in [0.2, 0.25) is 5.88 Å². The summed E-state index contributed by atoms with van der Waals surface area (Å²) in [6.45, 7) is 1.61. The molecule has 11 heteroatoms. The highest BCUT2D eigenvalue weighted by atomic mass is 79.9. The van der Waals surface area contributed by atoms with Crippen LogP contribution in [0.15, 0.2) is 46.9 Å². The monoisotopic (exact) mass is 511 g/mol. The second-order valence-corrected chi connectivity index (χ2v) is 7.64. The maximum Gasteiger partial charge on any atom is 0.335 e. The van der Waals surface area contributed by atoms with Gasteiger partial charge in [0.25, 0.3) is 12.3 Å². The van der Waals surface area contributed by atoms with Crippen molar-refractivity contribution in [3.05, 3.63) is 75.1 Å². The summed E-state index contributed by atoms with van der Waals surface area (Å²) in [4.78, 5) is 23.9. The van der Waals surface area contributed by atoms with Gasteiger partial charge in [-0.3, -0.25) is 4.79 Å². The van der Waals surface area contributed by atoms with E-state index in [2.05, 4.69) is 26.3 Å². The van der Waals surface area contributed by atoms with Gasteiger partial charge in [0.05, 0.1) is 16.1 Å². The second-order valence-electron chi connectivity index (χ2n) is 6.79. The van der Waals surface area contributed by atoms with Crippen molar-refractivity contribution in [3.8, 4) is 11.6 Å². The number of rotatable bonds is 7. The number of carboxylic acids is 1. The fourth-order valence-corrected chi connectivity index (χ4v) is 3.29. The molecule has 0 unspecified atom stereocenters. The highest BCUT2D eigenvalue weighted by Gasteiger charge is 2.30. The van der Waals surface area contributed by atoms with Crippen molar-refractivity contribution in [3.63, 3.8) is 0 Å². The molecule has 0 radical (unpaired) electrons. The molecule has 2 aromatic carbocycles. The Hall–Kier alpha value is -3.34. The number of hydrogen-bond donors (Lipinski definition) is 2. The molecule has 1 heterocycles. The molecule has 0 aliphatic rings. The predicted molar refractivity (Wildman–Crippen MR) is 112 cm³/mol. The topological polar surface area (TPSA) is 93.5 Å². The van der Waals surface area contributed by atoms with Gasteiger partial charge >= 0.3 is 5.97 Å². The first-order valence-electron chi connectivity index (χ1n) is 9.20. The van der Waals surface area contributed by atoms with Gasteiger partial charge < -0.3 is 15.2 Å². The molecule has 2 N–H and O–H groups in total. The number of aromatic nitrogens is 2. The number of hydrogen-bond acceptors (Lipinski definition) is 4. The standard InChI is InChI=1S/C21H17BrF3N3O4/c1-10(11-3-5-12(6-4-11)21(30)31)26-19(29)16-17(18(24)25)27-28(2)20(16)32-13-7-8-15(23)14(22)9-13/h3-10,18H,1-2H3,(H,26,29)(H,30,31)/t10-/m0/s1. The maximum atomic E-state index is 13.6. The number of amides is 1. The van der Waals surface area contributed by atoms with Crippen molar-refractivity contribution in [2.24, 2.45) is 7.05 Å². The smallest absolute Gasteiger partial charge is 0.335 e. The van der Waals surface area contributed by atoms with E-state index in [0.717, 1.165) is 10.7 Å². The first-order valence-corrected chi connectivity index (χ1v) is 9.99. The van der Waals surface area contributed by atoms with Crippen LogP contribution in [0.1, 0.15) is 51.4 Å². The minimum Gasteiger partial charge on any atom is -0.478 e.